The fourth-order valence-electron chi connectivity index (χ4n) is 1.04. The number of hydrogen-bond acceptors (Lipinski definition) is 6. The van der Waals surface area contributed by atoms with E-state index in [9.17, 15) is 4.79 Å². The third-order valence-corrected chi connectivity index (χ3v) is 3.40. The van der Waals surface area contributed by atoms with Gasteiger partial charge in [0.15, 0.2) is 0 Å². The molecule has 0 spiro atoms. The lowest BCUT2D eigenvalue weighted by Crippen LogP contribution is -2.03. The maximum absolute atomic E-state index is 11.0. The number of carbonyl (C=O) groups is 1. The Morgan fingerprint density at radius 2 is 2.40 bits per heavy atom. The molecule has 0 unspecified atom stereocenters. The van der Waals surface area contributed by atoms with Crippen LogP contribution in [-0.4, -0.2) is 23.0 Å². The summed E-state index contributed by atoms with van der Waals surface area (Å²) in [7, 11) is 1.38. The van der Waals surface area contributed by atoms with E-state index in [4.69, 9.17) is 0 Å². The first kappa shape index (κ1) is 10.3. The zero-order valence-electron chi connectivity index (χ0n) is 7.97. The minimum atomic E-state index is -0.264. The molecule has 0 N–H and O–H groups in total. The Balaban J connectivity index is 2.14. The van der Waals surface area contributed by atoms with Gasteiger partial charge < -0.3 is 4.74 Å². The summed E-state index contributed by atoms with van der Waals surface area (Å²) >= 11 is 2.99. The Hall–Kier alpha value is -1.27. The molecule has 2 aromatic heterocycles. The summed E-state index contributed by atoms with van der Waals surface area (Å²) in [5, 5.41) is 2.69. The molecule has 0 fully saturated rings. The van der Waals surface area contributed by atoms with Crippen LogP contribution in [0.15, 0.2) is 17.1 Å². The van der Waals surface area contributed by atoms with E-state index in [0.29, 0.717) is 0 Å². The number of esters is 1. The van der Waals surface area contributed by atoms with Crippen LogP contribution in [0.1, 0.15) is 5.01 Å². The van der Waals surface area contributed by atoms with E-state index in [-0.39, 0.29) is 12.4 Å². The predicted octanol–water partition coefficient (Wildman–Crippen LogP) is 1.98. The molecule has 2 aromatic rings. The van der Waals surface area contributed by atoms with Crippen LogP contribution in [0.4, 0.5) is 0 Å². The van der Waals surface area contributed by atoms with E-state index in [2.05, 4.69) is 14.7 Å². The summed E-state index contributed by atoms with van der Waals surface area (Å²) in [5.41, 5.74) is 2.63. The molecule has 0 amide bonds. The van der Waals surface area contributed by atoms with Crippen molar-refractivity contribution in [1.29, 1.82) is 0 Å². The molecule has 4 nitrogen and oxygen atoms in total. The minimum Gasteiger partial charge on any atom is -0.469 e. The number of methoxy groups -OCH3 is 1. The van der Waals surface area contributed by atoms with Gasteiger partial charge in [-0.15, -0.1) is 22.7 Å². The van der Waals surface area contributed by atoms with Crippen LogP contribution in [0.3, 0.4) is 0 Å². The fraction of sp³-hybridized carbons (Fsp3) is 0.222. The first-order valence-corrected chi connectivity index (χ1v) is 5.95. The van der Waals surface area contributed by atoms with E-state index in [0.717, 1.165) is 15.6 Å². The molecule has 0 atom stereocenters. The maximum atomic E-state index is 11.0. The standard InChI is InChI=1S/C9H8N2O2S2/c1-13-9(12)2-8-11-6(4-14-8)7-3-10-5-15-7/h3-5H,2H2,1H3. The second-order valence-electron chi connectivity index (χ2n) is 2.75. The van der Waals surface area contributed by atoms with Crippen LogP contribution in [-0.2, 0) is 16.0 Å². The Morgan fingerprint density at radius 1 is 1.53 bits per heavy atom. The predicted molar refractivity (Wildman–Crippen MR) is 58.9 cm³/mol. The minimum absolute atomic E-state index is 0.236. The molecule has 2 rings (SSSR count). The zero-order valence-corrected chi connectivity index (χ0v) is 9.60. The number of aromatic nitrogens is 2. The molecule has 0 aromatic carbocycles. The van der Waals surface area contributed by atoms with E-state index >= 15 is 0 Å². The Kier molecular flexibility index (Phi) is 3.08. The monoisotopic (exact) mass is 240 g/mol. The van der Waals surface area contributed by atoms with Gasteiger partial charge in [0.05, 0.1) is 29.6 Å². The van der Waals surface area contributed by atoms with Crippen LogP contribution < -0.4 is 0 Å². The Labute approximate surface area is 94.6 Å². The van der Waals surface area contributed by atoms with Gasteiger partial charge in [-0.1, -0.05) is 0 Å². The smallest absolute Gasteiger partial charge is 0.312 e. The molecule has 0 radical (unpaired) electrons. The second kappa shape index (κ2) is 4.50. The third-order valence-electron chi connectivity index (χ3n) is 1.76. The average molecular weight is 240 g/mol. The lowest BCUT2D eigenvalue weighted by molar-refractivity contribution is -0.139. The molecule has 2 heterocycles. The summed E-state index contributed by atoms with van der Waals surface area (Å²) < 4.78 is 4.57. The van der Waals surface area contributed by atoms with Gasteiger partial charge in [0, 0.05) is 11.6 Å². The van der Waals surface area contributed by atoms with E-state index in [1.54, 1.807) is 11.7 Å². The first-order valence-electron chi connectivity index (χ1n) is 4.19. The molecule has 0 saturated carbocycles. The van der Waals surface area contributed by atoms with Gasteiger partial charge in [0.1, 0.15) is 5.01 Å². The summed E-state index contributed by atoms with van der Waals surface area (Å²) in [6, 6.07) is 0. The fourth-order valence-corrected chi connectivity index (χ4v) is 2.48. The summed E-state index contributed by atoms with van der Waals surface area (Å²) in [4.78, 5) is 20.3. The SMILES string of the molecule is COC(=O)Cc1nc(-c2cncs2)cs1. The molecule has 0 aliphatic rings. The molecule has 78 valence electrons. The highest BCUT2D eigenvalue weighted by atomic mass is 32.1. The average Bonchev–Trinajstić information content (AvgIpc) is 2.85. The Morgan fingerprint density at radius 3 is 3.07 bits per heavy atom. The van der Waals surface area contributed by atoms with Crippen LogP contribution >= 0.6 is 22.7 Å². The van der Waals surface area contributed by atoms with Crippen molar-refractivity contribution in [3.63, 3.8) is 0 Å². The highest BCUT2D eigenvalue weighted by Gasteiger charge is 2.09. The number of rotatable bonds is 3. The number of hydrogen-bond donors (Lipinski definition) is 0. The van der Waals surface area contributed by atoms with Gasteiger partial charge >= 0.3 is 5.97 Å². The lowest BCUT2D eigenvalue weighted by atomic mass is 10.4. The van der Waals surface area contributed by atoms with E-state index in [1.807, 2.05) is 5.38 Å². The molecule has 0 aliphatic carbocycles. The molecular formula is C9H8N2O2S2. The number of nitrogens with zero attached hydrogens (tertiary/aromatic N) is 2. The van der Waals surface area contributed by atoms with Crippen LogP contribution in [0, 0.1) is 0 Å². The third kappa shape index (κ3) is 2.40. The Bertz CT molecular complexity index is 450. The van der Waals surface area contributed by atoms with Crippen molar-refractivity contribution in [2.75, 3.05) is 7.11 Å². The largest absolute Gasteiger partial charge is 0.469 e. The van der Waals surface area contributed by atoms with Crippen molar-refractivity contribution >= 4 is 28.6 Å². The summed E-state index contributed by atoms with van der Waals surface area (Å²) in [6.07, 6.45) is 2.00. The molecule has 6 heteroatoms. The van der Waals surface area contributed by atoms with Gasteiger partial charge in [-0.25, -0.2) is 4.98 Å². The van der Waals surface area contributed by atoms with Crippen molar-refractivity contribution in [1.82, 2.24) is 9.97 Å². The van der Waals surface area contributed by atoms with E-state index < -0.39 is 0 Å². The second-order valence-corrected chi connectivity index (χ2v) is 4.57. The first-order chi connectivity index (χ1) is 7.29. The summed E-state index contributed by atoms with van der Waals surface area (Å²) in [5.74, 6) is -0.264. The van der Waals surface area contributed by atoms with Crippen molar-refractivity contribution in [3.8, 4) is 10.6 Å². The normalized spacial score (nSPS) is 10.2. The molecule has 0 aliphatic heterocycles. The van der Waals surface area contributed by atoms with E-state index in [1.165, 1.54) is 29.8 Å². The van der Waals surface area contributed by atoms with Gasteiger partial charge in [0.2, 0.25) is 0 Å². The summed E-state index contributed by atoms with van der Waals surface area (Å²) in [6.45, 7) is 0. The van der Waals surface area contributed by atoms with Crippen molar-refractivity contribution < 1.29 is 9.53 Å². The highest BCUT2D eigenvalue weighted by Crippen LogP contribution is 2.24. The number of carbonyl (C=O) groups excluding carboxylic acids is 1. The molecule has 15 heavy (non-hydrogen) atoms. The number of thiazole rings is 2. The highest BCUT2D eigenvalue weighted by molar-refractivity contribution is 7.14. The van der Waals surface area contributed by atoms with Crippen LogP contribution in [0.5, 0.6) is 0 Å². The van der Waals surface area contributed by atoms with Crippen molar-refractivity contribution in [2.24, 2.45) is 0 Å². The maximum Gasteiger partial charge on any atom is 0.312 e. The van der Waals surface area contributed by atoms with Gasteiger partial charge in [-0.05, 0) is 0 Å². The van der Waals surface area contributed by atoms with Gasteiger partial charge in [0.25, 0.3) is 0 Å². The van der Waals surface area contributed by atoms with Gasteiger partial charge in [-0.3, -0.25) is 9.78 Å². The molecule has 0 saturated heterocycles. The topological polar surface area (TPSA) is 52.1 Å². The number of ether oxygens (including phenoxy) is 1. The molecule has 0 bridgehead atoms. The van der Waals surface area contributed by atoms with Crippen LogP contribution in [0.25, 0.3) is 10.6 Å². The lowest BCUT2D eigenvalue weighted by Gasteiger charge is -1.93. The zero-order chi connectivity index (χ0) is 10.7. The molecular weight excluding hydrogens is 232 g/mol. The van der Waals surface area contributed by atoms with Crippen molar-refractivity contribution in [2.45, 2.75) is 6.42 Å². The van der Waals surface area contributed by atoms with Gasteiger partial charge in [-0.2, -0.15) is 0 Å². The van der Waals surface area contributed by atoms with Crippen molar-refractivity contribution in [3.05, 3.63) is 22.1 Å². The quantitative estimate of drug-likeness (QED) is 0.770. The van der Waals surface area contributed by atoms with Crippen LogP contribution in [0.2, 0.25) is 0 Å².